The van der Waals surface area contributed by atoms with Gasteiger partial charge in [-0.25, -0.2) is 19.3 Å². The summed E-state index contributed by atoms with van der Waals surface area (Å²) in [5, 5.41) is 3.28. The van der Waals surface area contributed by atoms with Crippen LogP contribution >= 0.6 is 0 Å². The van der Waals surface area contributed by atoms with Crippen molar-refractivity contribution in [3.05, 3.63) is 120 Å². The number of halogens is 1. The smallest absolute Gasteiger partial charge is 0.259 e. The van der Waals surface area contributed by atoms with Crippen molar-refractivity contribution in [1.29, 1.82) is 0 Å². The molecule has 3 aromatic carbocycles. The van der Waals surface area contributed by atoms with E-state index in [0.29, 0.717) is 68.6 Å². The summed E-state index contributed by atoms with van der Waals surface area (Å²) in [5.41, 5.74) is 2.57. The van der Waals surface area contributed by atoms with Crippen LogP contribution in [0.3, 0.4) is 0 Å². The van der Waals surface area contributed by atoms with Crippen molar-refractivity contribution in [2.45, 2.75) is 13.0 Å². The van der Waals surface area contributed by atoms with Crippen LogP contribution in [-0.4, -0.2) is 67.6 Å². The van der Waals surface area contributed by atoms with E-state index in [4.69, 9.17) is 4.74 Å². The Hall–Kier alpha value is -6.04. The number of benzene rings is 3. The van der Waals surface area contributed by atoms with Gasteiger partial charge in [-0.15, -0.1) is 0 Å². The molecule has 0 saturated carbocycles. The van der Waals surface area contributed by atoms with Crippen LogP contribution in [0.4, 0.5) is 16.0 Å². The number of anilines is 2. The maximum Gasteiger partial charge on any atom is 0.259 e. The minimum absolute atomic E-state index is 0.0312. The summed E-state index contributed by atoms with van der Waals surface area (Å²) in [6.07, 6.45) is 11.0. The first-order valence-corrected chi connectivity index (χ1v) is 15.9. The molecule has 11 nitrogen and oxygen atoms in total. The van der Waals surface area contributed by atoms with Crippen LogP contribution in [0.25, 0.3) is 27.7 Å². The number of imidazole rings is 1. The van der Waals surface area contributed by atoms with Crippen molar-refractivity contribution < 1.29 is 13.9 Å². The molecule has 12 heteroatoms. The lowest BCUT2D eigenvalue weighted by Gasteiger charge is -2.34. The highest BCUT2D eigenvalue weighted by atomic mass is 19.1. The highest BCUT2D eigenvalue weighted by Gasteiger charge is 2.31. The summed E-state index contributed by atoms with van der Waals surface area (Å²) >= 11 is 0. The predicted molar refractivity (Wildman–Crippen MR) is 180 cm³/mol. The van der Waals surface area contributed by atoms with Gasteiger partial charge in [-0.2, -0.15) is 0 Å². The maximum atomic E-state index is 15.9. The molecular formula is C36H31FN8O3. The van der Waals surface area contributed by atoms with E-state index in [0.717, 1.165) is 11.1 Å². The predicted octanol–water partition coefficient (Wildman–Crippen LogP) is 5.35. The van der Waals surface area contributed by atoms with Crippen molar-refractivity contribution in [3.8, 4) is 28.3 Å². The normalized spacial score (nSPS) is 13.7. The van der Waals surface area contributed by atoms with Crippen LogP contribution in [0.5, 0.6) is 11.5 Å². The number of fused-ring (bicyclic) bond motifs is 2. The zero-order valence-electron chi connectivity index (χ0n) is 25.9. The van der Waals surface area contributed by atoms with Crippen molar-refractivity contribution in [2.75, 3.05) is 42.9 Å². The van der Waals surface area contributed by atoms with Gasteiger partial charge in [-0.3, -0.25) is 9.59 Å². The lowest BCUT2D eigenvalue weighted by molar-refractivity contribution is 0.0744. The number of ether oxygens (including phenoxy) is 1. The molecule has 2 aliphatic heterocycles. The number of carbonyl (C=O) groups is 1. The lowest BCUT2D eigenvalue weighted by Crippen LogP contribution is -2.50. The first-order chi connectivity index (χ1) is 23.5. The van der Waals surface area contributed by atoms with Gasteiger partial charge in [0, 0.05) is 70.3 Å². The molecule has 1 amide bonds. The van der Waals surface area contributed by atoms with Gasteiger partial charge < -0.3 is 29.0 Å². The fraction of sp³-hybridized carbons (Fsp3) is 0.194. The highest BCUT2D eigenvalue weighted by Crippen LogP contribution is 2.46. The molecule has 0 bridgehead atoms. The molecule has 240 valence electrons. The molecule has 1 N–H and O–H groups in total. The highest BCUT2D eigenvalue weighted by molar-refractivity contribution is 6.01. The third kappa shape index (κ3) is 5.30. The zero-order valence-corrected chi connectivity index (χ0v) is 25.9. The molecule has 48 heavy (non-hydrogen) atoms. The third-order valence-corrected chi connectivity index (χ3v) is 8.82. The largest absolute Gasteiger partial charge is 0.451 e. The number of nitrogens with zero attached hydrogens (tertiary/aromatic N) is 7. The number of pyridine rings is 1. The van der Waals surface area contributed by atoms with Crippen LogP contribution in [0.1, 0.15) is 16.8 Å². The minimum Gasteiger partial charge on any atom is -0.451 e. The van der Waals surface area contributed by atoms with Gasteiger partial charge in [0.25, 0.3) is 5.91 Å². The quantitative estimate of drug-likeness (QED) is 0.221. The fourth-order valence-electron chi connectivity index (χ4n) is 6.37. The molecule has 0 atom stereocenters. The summed E-state index contributed by atoms with van der Waals surface area (Å²) in [5.74, 6) is 0.249. The second-order valence-corrected chi connectivity index (χ2v) is 11.8. The number of hydrogen-bond donors (Lipinski definition) is 1. The Kier molecular flexibility index (Phi) is 7.52. The summed E-state index contributed by atoms with van der Waals surface area (Å²) in [4.78, 5) is 44.4. The number of rotatable bonds is 8. The molecule has 3 aromatic heterocycles. The third-order valence-electron chi connectivity index (χ3n) is 8.82. The van der Waals surface area contributed by atoms with Crippen molar-refractivity contribution >= 4 is 28.4 Å². The Balaban J connectivity index is 1.19. The number of aromatic nitrogens is 5. The Morgan fingerprint density at radius 2 is 1.75 bits per heavy atom. The molecule has 0 radical (unpaired) electrons. The Labute approximate surface area is 274 Å². The average Bonchev–Trinajstić information content (AvgIpc) is 3.66. The van der Waals surface area contributed by atoms with E-state index >= 15 is 4.39 Å². The van der Waals surface area contributed by atoms with E-state index in [9.17, 15) is 9.59 Å². The van der Waals surface area contributed by atoms with Crippen molar-refractivity contribution in [3.63, 3.8) is 0 Å². The zero-order chi connectivity index (χ0) is 32.6. The maximum absolute atomic E-state index is 15.9. The SMILES string of the molecule is O=C(c1cn2c3c(c(NCCCn4ccnc4)c(F)cc3c1=O)Oc1ccc(-c3ccccc3)cc1-2)N1CCN(c2ncccn2)CC1. The van der Waals surface area contributed by atoms with E-state index in [1.54, 1.807) is 46.6 Å². The molecule has 2 aliphatic rings. The molecule has 0 unspecified atom stereocenters. The molecule has 1 fully saturated rings. The Morgan fingerprint density at radius 1 is 0.938 bits per heavy atom. The molecule has 1 saturated heterocycles. The summed E-state index contributed by atoms with van der Waals surface area (Å²) in [6, 6.07) is 18.6. The Bertz CT molecular complexity index is 2180. The van der Waals surface area contributed by atoms with Gasteiger partial charge in [0.05, 0.1) is 17.4 Å². The number of aryl methyl sites for hydroxylation is 1. The Morgan fingerprint density at radius 3 is 2.52 bits per heavy atom. The van der Waals surface area contributed by atoms with Gasteiger partial charge in [0.1, 0.15) is 16.8 Å². The summed E-state index contributed by atoms with van der Waals surface area (Å²) in [6.45, 7) is 2.96. The standard InChI is InChI=1S/C36H31FN8O3/c37-28-21-26-32-34(31(28)39-12-5-14-42-15-13-38-23-42)48-30-9-8-25(24-6-2-1-3-7-24)20-29(30)45(32)22-27(33(26)46)35(47)43-16-18-44(19-17-43)36-40-10-4-11-41-36/h1-4,6-11,13,15,20-23,39H,5,12,14,16-19H2. The second kappa shape index (κ2) is 12.3. The van der Waals surface area contributed by atoms with E-state index in [1.807, 2.05) is 64.2 Å². The van der Waals surface area contributed by atoms with Crippen LogP contribution < -0.4 is 20.4 Å². The van der Waals surface area contributed by atoms with Crippen molar-refractivity contribution in [1.82, 2.24) is 29.0 Å². The molecular weight excluding hydrogens is 611 g/mol. The van der Waals surface area contributed by atoms with Gasteiger partial charge in [0.15, 0.2) is 17.3 Å². The average molecular weight is 643 g/mol. The lowest BCUT2D eigenvalue weighted by atomic mass is 10.0. The second-order valence-electron chi connectivity index (χ2n) is 11.8. The topological polar surface area (TPSA) is 110 Å². The molecule has 0 aliphatic carbocycles. The van der Waals surface area contributed by atoms with Gasteiger partial charge in [-0.05, 0) is 41.8 Å². The van der Waals surface area contributed by atoms with Gasteiger partial charge >= 0.3 is 0 Å². The number of piperazine rings is 1. The van der Waals surface area contributed by atoms with Crippen LogP contribution in [0.2, 0.25) is 0 Å². The van der Waals surface area contributed by atoms with E-state index in [2.05, 4.69) is 20.3 Å². The number of nitrogens with one attached hydrogen (secondary N) is 1. The number of hydrogen-bond acceptors (Lipinski definition) is 8. The van der Waals surface area contributed by atoms with Crippen LogP contribution in [-0.2, 0) is 6.54 Å². The van der Waals surface area contributed by atoms with Crippen LogP contribution in [0.15, 0.2) is 103 Å². The molecule has 5 heterocycles. The van der Waals surface area contributed by atoms with Crippen molar-refractivity contribution in [2.24, 2.45) is 0 Å². The number of carbonyl (C=O) groups excluding carboxylic acids is 1. The van der Waals surface area contributed by atoms with E-state index in [1.165, 1.54) is 6.07 Å². The number of amides is 1. The summed E-state index contributed by atoms with van der Waals surface area (Å²) < 4.78 is 26.1. The van der Waals surface area contributed by atoms with E-state index in [-0.39, 0.29) is 22.4 Å². The first kappa shape index (κ1) is 29.4. The molecule has 6 aromatic rings. The van der Waals surface area contributed by atoms with Crippen LogP contribution in [0, 0.1) is 5.82 Å². The first-order valence-electron chi connectivity index (χ1n) is 15.9. The summed E-state index contributed by atoms with van der Waals surface area (Å²) in [7, 11) is 0. The van der Waals surface area contributed by atoms with Gasteiger partial charge in [-0.1, -0.05) is 36.4 Å². The fourth-order valence-corrected chi connectivity index (χ4v) is 6.37. The monoisotopic (exact) mass is 642 g/mol. The molecule has 0 spiro atoms. The van der Waals surface area contributed by atoms with Gasteiger partial charge in [0.2, 0.25) is 11.4 Å². The molecule has 8 rings (SSSR count). The van der Waals surface area contributed by atoms with E-state index < -0.39 is 17.2 Å². The minimum atomic E-state index is -0.630.